The van der Waals surface area contributed by atoms with Gasteiger partial charge in [-0.05, 0) is 57.0 Å². The number of esters is 1. The van der Waals surface area contributed by atoms with E-state index in [2.05, 4.69) is 10.4 Å². The van der Waals surface area contributed by atoms with Crippen LogP contribution in [0.25, 0.3) is 0 Å². The lowest BCUT2D eigenvalue weighted by Crippen LogP contribution is -2.13. The molecule has 0 aliphatic rings. The van der Waals surface area contributed by atoms with Crippen molar-refractivity contribution in [2.75, 3.05) is 11.9 Å². The van der Waals surface area contributed by atoms with Crippen LogP contribution in [0.1, 0.15) is 30.3 Å². The van der Waals surface area contributed by atoms with Crippen molar-refractivity contribution in [3.8, 4) is 5.75 Å². The fourth-order valence-electron chi connectivity index (χ4n) is 2.48. The van der Waals surface area contributed by atoms with E-state index in [4.69, 9.17) is 9.47 Å². The molecule has 0 fully saturated rings. The molecule has 0 spiro atoms. The number of carbonyl (C=O) groups is 2. The van der Waals surface area contributed by atoms with Crippen molar-refractivity contribution in [2.24, 2.45) is 7.05 Å². The molecule has 2 rings (SSSR count). The third kappa shape index (κ3) is 5.07. The Morgan fingerprint density at radius 2 is 1.88 bits per heavy atom. The predicted octanol–water partition coefficient (Wildman–Crippen LogP) is 3.14. The van der Waals surface area contributed by atoms with Gasteiger partial charge in [0.25, 0.3) is 0 Å². The number of nitrogens with zero attached hydrogens (tertiary/aromatic N) is 2. The van der Waals surface area contributed by atoms with E-state index in [1.165, 1.54) is 0 Å². The minimum atomic E-state index is -0.519. The van der Waals surface area contributed by atoms with Gasteiger partial charge in [0.05, 0.1) is 18.7 Å². The fourth-order valence-corrected chi connectivity index (χ4v) is 2.48. The van der Waals surface area contributed by atoms with Gasteiger partial charge in [-0.15, -0.1) is 0 Å². The number of nitrogens with one attached hydrogen (secondary N) is 1. The van der Waals surface area contributed by atoms with Gasteiger partial charge in [0, 0.05) is 18.4 Å². The van der Waals surface area contributed by atoms with Crippen molar-refractivity contribution in [3.63, 3.8) is 0 Å². The monoisotopic (exact) mass is 345 g/mol. The normalized spacial score (nSPS) is 10.4. The summed E-state index contributed by atoms with van der Waals surface area (Å²) in [6, 6.07) is 6.55. The zero-order valence-corrected chi connectivity index (χ0v) is 15.0. The summed E-state index contributed by atoms with van der Waals surface area (Å²) in [4.78, 5) is 23.4. The summed E-state index contributed by atoms with van der Waals surface area (Å²) in [5.41, 5.74) is 3.63. The minimum absolute atomic E-state index is 0.274. The average Bonchev–Trinajstić information content (AvgIpc) is 2.80. The van der Waals surface area contributed by atoms with Gasteiger partial charge in [-0.25, -0.2) is 4.79 Å². The van der Waals surface area contributed by atoms with Crippen LogP contribution in [-0.4, -0.2) is 28.4 Å². The summed E-state index contributed by atoms with van der Waals surface area (Å²) in [5, 5.41) is 6.91. The van der Waals surface area contributed by atoms with Crippen LogP contribution in [0.3, 0.4) is 0 Å². The van der Waals surface area contributed by atoms with Crippen LogP contribution in [0.2, 0.25) is 0 Å². The summed E-state index contributed by atoms with van der Waals surface area (Å²) < 4.78 is 11.9. The maximum Gasteiger partial charge on any atom is 0.411 e. The van der Waals surface area contributed by atoms with Crippen LogP contribution in [0.5, 0.6) is 5.75 Å². The number of carbonyl (C=O) groups excluding carboxylic acids is 2. The Labute approximate surface area is 146 Å². The lowest BCUT2D eigenvalue weighted by molar-refractivity contribution is -0.134. The molecular formula is C18H23N3O4. The van der Waals surface area contributed by atoms with Crippen LogP contribution in [0.4, 0.5) is 10.5 Å². The van der Waals surface area contributed by atoms with E-state index in [0.29, 0.717) is 24.5 Å². The van der Waals surface area contributed by atoms with E-state index >= 15 is 0 Å². The molecule has 0 saturated heterocycles. The number of benzene rings is 1. The van der Waals surface area contributed by atoms with Gasteiger partial charge in [0.15, 0.2) is 0 Å². The van der Waals surface area contributed by atoms with Crippen LogP contribution in [0, 0.1) is 13.8 Å². The third-order valence-corrected chi connectivity index (χ3v) is 3.85. The van der Waals surface area contributed by atoms with Gasteiger partial charge >= 0.3 is 12.1 Å². The zero-order valence-electron chi connectivity index (χ0n) is 15.0. The van der Waals surface area contributed by atoms with Crippen LogP contribution in [-0.2, 0) is 23.0 Å². The highest BCUT2D eigenvalue weighted by Gasteiger charge is 2.12. The molecule has 134 valence electrons. The Morgan fingerprint density at radius 1 is 1.20 bits per heavy atom. The highest BCUT2D eigenvalue weighted by atomic mass is 16.5. The Hall–Kier alpha value is -2.83. The Morgan fingerprint density at radius 3 is 2.44 bits per heavy atom. The van der Waals surface area contributed by atoms with E-state index < -0.39 is 6.09 Å². The van der Waals surface area contributed by atoms with Gasteiger partial charge in [-0.3, -0.25) is 14.8 Å². The van der Waals surface area contributed by atoms with E-state index in [1.807, 2.05) is 25.6 Å². The van der Waals surface area contributed by atoms with Gasteiger partial charge in [-0.1, -0.05) is 0 Å². The van der Waals surface area contributed by atoms with Crippen molar-refractivity contribution in [3.05, 3.63) is 41.2 Å². The molecule has 2 aromatic rings. The highest BCUT2D eigenvalue weighted by Crippen LogP contribution is 2.18. The first kappa shape index (κ1) is 18.5. The summed E-state index contributed by atoms with van der Waals surface area (Å²) in [5.74, 6) is 0.118. The van der Waals surface area contributed by atoms with Crippen molar-refractivity contribution in [1.82, 2.24) is 9.78 Å². The molecule has 1 heterocycles. The highest BCUT2D eigenvalue weighted by molar-refractivity contribution is 5.84. The molecule has 1 aromatic heterocycles. The third-order valence-electron chi connectivity index (χ3n) is 3.85. The molecule has 25 heavy (non-hydrogen) atoms. The molecule has 0 atom stereocenters. The second-order valence-electron chi connectivity index (χ2n) is 5.62. The smallest absolute Gasteiger partial charge is 0.411 e. The van der Waals surface area contributed by atoms with Crippen LogP contribution in [0.15, 0.2) is 24.3 Å². The molecule has 1 aromatic carbocycles. The molecule has 0 aliphatic carbocycles. The fraction of sp³-hybridized carbons (Fsp3) is 0.389. The van der Waals surface area contributed by atoms with Gasteiger partial charge in [-0.2, -0.15) is 5.10 Å². The van der Waals surface area contributed by atoms with Crippen molar-refractivity contribution in [2.45, 2.75) is 33.6 Å². The first-order valence-electron chi connectivity index (χ1n) is 8.14. The summed E-state index contributed by atoms with van der Waals surface area (Å²) in [7, 11) is 1.88. The number of hydrogen-bond donors (Lipinski definition) is 1. The Balaban J connectivity index is 1.87. The van der Waals surface area contributed by atoms with E-state index in [1.54, 1.807) is 31.2 Å². The first-order chi connectivity index (χ1) is 11.9. The second-order valence-corrected chi connectivity index (χ2v) is 5.62. The standard InChI is InChI=1S/C18H23N3O4/c1-5-24-18(23)19-14-6-8-15(9-7-14)25-17(22)11-10-16-12(2)20-21(4)13(16)3/h6-9H,5,10-11H2,1-4H3,(H,19,23). The number of ether oxygens (including phenoxy) is 2. The zero-order chi connectivity index (χ0) is 18.4. The van der Waals surface area contributed by atoms with Crippen LogP contribution >= 0.6 is 0 Å². The molecule has 7 nitrogen and oxygen atoms in total. The Bertz CT molecular complexity index is 750. The molecular weight excluding hydrogens is 322 g/mol. The van der Waals surface area contributed by atoms with Gasteiger partial charge in [0.2, 0.25) is 0 Å². The molecule has 0 radical (unpaired) electrons. The van der Waals surface area contributed by atoms with Gasteiger partial charge < -0.3 is 9.47 Å². The summed E-state index contributed by atoms with van der Waals surface area (Å²) in [6.07, 6.45) is 0.345. The molecule has 0 bridgehead atoms. The number of hydrogen-bond acceptors (Lipinski definition) is 5. The van der Waals surface area contributed by atoms with Crippen LogP contribution < -0.4 is 10.1 Å². The van der Waals surface area contributed by atoms with E-state index in [-0.39, 0.29) is 12.4 Å². The van der Waals surface area contributed by atoms with Gasteiger partial charge in [0.1, 0.15) is 5.75 Å². The maximum atomic E-state index is 12.0. The molecule has 1 N–H and O–H groups in total. The molecule has 0 unspecified atom stereocenters. The summed E-state index contributed by atoms with van der Waals surface area (Å²) >= 11 is 0. The number of aromatic nitrogens is 2. The molecule has 1 amide bonds. The largest absolute Gasteiger partial charge is 0.450 e. The molecule has 0 aliphatic heterocycles. The lowest BCUT2D eigenvalue weighted by Gasteiger charge is -2.07. The second kappa shape index (κ2) is 8.32. The number of amides is 1. The van der Waals surface area contributed by atoms with E-state index in [0.717, 1.165) is 17.0 Å². The SMILES string of the molecule is CCOC(=O)Nc1ccc(OC(=O)CCc2c(C)nn(C)c2C)cc1. The number of rotatable bonds is 6. The molecule has 7 heteroatoms. The number of anilines is 1. The Kier molecular flexibility index (Phi) is 6.16. The van der Waals surface area contributed by atoms with Crippen molar-refractivity contribution < 1.29 is 19.1 Å². The van der Waals surface area contributed by atoms with Crippen molar-refractivity contribution in [1.29, 1.82) is 0 Å². The predicted molar refractivity (Wildman–Crippen MR) is 93.7 cm³/mol. The first-order valence-corrected chi connectivity index (χ1v) is 8.14. The lowest BCUT2D eigenvalue weighted by atomic mass is 10.1. The van der Waals surface area contributed by atoms with Crippen molar-refractivity contribution >= 4 is 17.7 Å². The minimum Gasteiger partial charge on any atom is -0.450 e. The topological polar surface area (TPSA) is 82.4 Å². The molecule has 0 saturated carbocycles. The van der Waals surface area contributed by atoms with E-state index in [9.17, 15) is 9.59 Å². The quantitative estimate of drug-likeness (QED) is 0.642. The number of aryl methyl sites for hydroxylation is 2. The maximum absolute atomic E-state index is 12.0. The average molecular weight is 345 g/mol. The summed E-state index contributed by atoms with van der Waals surface area (Å²) in [6.45, 7) is 5.95.